The van der Waals surface area contributed by atoms with Gasteiger partial charge in [-0.05, 0) is 31.0 Å². The number of nitrogens with two attached hydrogens (primary N) is 1. The molecule has 0 fully saturated rings. The van der Waals surface area contributed by atoms with E-state index >= 15 is 0 Å². The van der Waals surface area contributed by atoms with E-state index in [4.69, 9.17) is 5.73 Å². The molecule has 1 unspecified atom stereocenters. The van der Waals surface area contributed by atoms with Gasteiger partial charge in [0.15, 0.2) is 5.54 Å². The summed E-state index contributed by atoms with van der Waals surface area (Å²) in [4.78, 5) is 15.2. The summed E-state index contributed by atoms with van der Waals surface area (Å²) in [6, 6.07) is 1.70. The molecule has 0 saturated heterocycles. The molecule has 0 aliphatic heterocycles. The van der Waals surface area contributed by atoms with Crippen LogP contribution in [-0.4, -0.2) is 22.6 Å². The third-order valence-corrected chi connectivity index (χ3v) is 2.65. The summed E-state index contributed by atoms with van der Waals surface area (Å²) in [5.74, 6) is -1.27. The molecule has 1 atom stereocenters. The van der Waals surface area contributed by atoms with E-state index in [9.17, 15) is 18.0 Å². The topological polar surface area (TPSA) is 68.0 Å². The molecule has 0 spiro atoms. The van der Waals surface area contributed by atoms with E-state index in [0.29, 0.717) is 12.5 Å². The number of alkyl halides is 3. The number of nitrogens with one attached hydrogen (secondary N) is 1. The van der Waals surface area contributed by atoms with Gasteiger partial charge in [-0.1, -0.05) is 0 Å². The van der Waals surface area contributed by atoms with Gasteiger partial charge in [-0.3, -0.25) is 9.78 Å². The molecule has 1 aromatic heterocycles. The van der Waals surface area contributed by atoms with Crippen molar-refractivity contribution in [2.75, 3.05) is 0 Å². The molecule has 0 saturated carbocycles. The van der Waals surface area contributed by atoms with Crippen molar-refractivity contribution in [3.8, 4) is 0 Å². The van der Waals surface area contributed by atoms with Crippen molar-refractivity contribution < 1.29 is 18.0 Å². The Balaban J connectivity index is 2.71. The van der Waals surface area contributed by atoms with Gasteiger partial charge in [0.05, 0.1) is 0 Å². The second kappa shape index (κ2) is 4.93. The Labute approximate surface area is 102 Å². The average Bonchev–Trinajstić information content (AvgIpc) is 2.26. The molecule has 18 heavy (non-hydrogen) atoms. The summed E-state index contributed by atoms with van der Waals surface area (Å²) < 4.78 is 37.5. The molecule has 4 nitrogen and oxygen atoms in total. The van der Waals surface area contributed by atoms with Crippen LogP contribution in [0.1, 0.15) is 18.1 Å². The average molecular weight is 261 g/mol. The van der Waals surface area contributed by atoms with Gasteiger partial charge in [0.25, 0.3) is 0 Å². The second-order valence-corrected chi connectivity index (χ2v) is 4.18. The Bertz CT molecular complexity index is 443. The molecule has 0 aliphatic carbocycles. The van der Waals surface area contributed by atoms with Crippen LogP contribution in [0.2, 0.25) is 0 Å². The van der Waals surface area contributed by atoms with E-state index in [1.165, 1.54) is 6.20 Å². The number of aromatic nitrogens is 1. The fourth-order valence-corrected chi connectivity index (χ4v) is 1.17. The number of hydrogen-bond acceptors (Lipinski definition) is 3. The van der Waals surface area contributed by atoms with Crippen molar-refractivity contribution >= 4 is 5.91 Å². The van der Waals surface area contributed by atoms with Crippen molar-refractivity contribution in [2.45, 2.75) is 32.1 Å². The van der Waals surface area contributed by atoms with Gasteiger partial charge in [-0.2, -0.15) is 13.2 Å². The van der Waals surface area contributed by atoms with Gasteiger partial charge in [-0.15, -0.1) is 0 Å². The number of halogens is 3. The predicted molar refractivity (Wildman–Crippen MR) is 59.5 cm³/mol. The first-order valence-corrected chi connectivity index (χ1v) is 5.19. The number of carbonyl (C=O) groups excluding carboxylic acids is 1. The molecule has 3 N–H and O–H groups in total. The monoisotopic (exact) mass is 261 g/mol. The van der Waals surface area contributed by atoms with E-state index in [0.717, 1.165) is 5.56 Å². The van der Waals surface area contributed by atoms with Gasteiger partial charge in [0, 0.05) is 18.9 Å². The Kier molecular flexibility index (Phi) is 3.95. The lowest BCUT2D eigenvalue weighted by Gasteiger charge is -2.26. The van der Waals surface area contributed by atoms with E-state index in [2.05, 4.69) is 10.3 Å². The number of nitrogens with zero attached hydrogens (tertiary/aromatic N) is 1. The molecule has 0 radical (unpaired) electrons. The Morgan fingerprint density at radius 1 is 1.50 bits per heavy atom. The van der Waals surface area contributed by atoms with Crippen LogP contribution >= 0.6 is 0 Å². The third kappa shape index (κ3) is 2.98. The van der Waals surface area contributed by atoms with Crippen LogP contribution < -0.4 is 11.1 Å². The zero-order chi connectivity index (χ0) is 14.0. The number of amides is 1. The van der Waals surface area contributed by atoms with E-state index in [1.54, 1.807) is 19.2 Å². The second-order valence-electron chi connectivity index (χ2n) is 4.18. The predicted octanol–water partition coefficient (Wildman–Crippen LogP) is 1.29. The minimum Gasteiger partial charge on any atom is -0.350 e. The highest BCUT2D eigenvalue weighted by molar-refractivity contribution is 5.86. The highest BCUT2D eigenvalue weighted by Crippen LogP contribution is 2.27. The third-order valence-electron chi connectivity index (χ3n) is 2.65. The summed E-state index contributed by atoms with van der Waals surface area (Å²) in [6.07, 6.45) is -1.75. The minimum absolute atomic E-state index is 0.0403. The largest absolute Gasteiger partial charge is 0.415 e. The SMILES string of the molecule is Cc1ccncc1CNC(=O)C(C)(N)C(F)(F)F. The Morgan fingerprint density at radius 3 is 2.61 bits per heavy atom. The van der Waals surface area contributed by atoms with Crippen LogP contribution in [0.4, 0.5) is 13.2 Å². The maximum absolute atomic E-state index is 12.5. The highest BCUT2D eigenvalue weighted by Gasteiger charge is 2.53. The maximum Gasteiger partial charge on any atom is 0.415 e. The molecule has 1 aromatic rings. The van der Waals surface area contributed by atoms with Crippen molar-refractivity contribution in [1.82, 2.24) is 10.3 Å². The van der Waals surface area contributed by atoms with Crippen molar-refractivity contribution in [3.63, 3.8) is 0 Å². The standard InChI is InChI=1S/C11H14F3N3O/c1-7-3-4-16-5-8(7)6-17-9(18)10(2,15)11(12,13)14/h3-5H,6,15H2,1-2H3,(H,17,18). The van der Waals surface area contributed by atoms with Gasteiger partial charge in [0.2, 0.25) is 5.91 Å². The van der Waals surface area contributed by atoms with E-state index < -0.39 is 17.6 Å². The molecule has 0 aliphatic rings. The molecule has 1 amide bonds. The molecule has 0 bridgehead atoms. The van der Waals surface area contributed by atoms with Crippen LogP contribution in [0.3, 0.4) is 0 Å². The number of carbonyl (C=O) groups is 1. The van der Waals surface area contributed by atoms with E-state index in [1.807, 2.05) is 0 Å². The first-order valence-electron chi connectivity index (χ1n) is 5.19. The Hall–Kier alpha value is -1.63. The number of rotatable bonds is 3. The summed E-state index contributed by atoms with van der Waals surface area (Å²) in [7, 11) is 0. The lowest BCUT2D eigenvalue weighted by atomic mass is 10.0. The zero-order valence-corrected chi connectivity index (χ0v) is 10.0. The first-order chi connectivity index (χ1) is 8.16. The molecular weight excluding hydrogens is 247 g/mol. The summed E-state index contributed by atoms with van der Waals surface area (Å²) in [6.45, 7) is 2.37. The van der Waals surface area contributed by atoms with Crippen molar-refractivity contribution in [1.29, 1.82) is 0 Å². The molecule has 7 heteroatoms. The van der Waals surface area contributed by atoms with Gasteiger partial charge < -0.3 is 11.1 Å². The van der Waals surface area contributed by atoms with Crippen LogP contribution in [-0.2, 0) is 11.3 Å². The van der Waals surface area contributed by atoms with Crippen LogP contribution in [0.15, 0.2) is 18.5 Å². The molecular formula is C11H14F3N3O. The minimum atomic E-state index is -4.79. The summed E-state index contributed by atoms with van der Waals surface area (Å²) >= 11 is 0. The molecule has 1 heterocycles. The first kappa shape index (κ1) is 14.4. The number of pyridine rings is 1. The summed E-state index contributed by atoms with van der Waals surface area (Å²) in [5, 5.41) is 2.16. The smallest absolute Gasteiger partial charge is 0.350 e. The normalized spacial score (nSPS) is 15.0. The maximum atomic E-state index is 12.5. The highest BCUT2D eigenvalue weighted by atomic mass is 19.4. The number of hydrogen-bond donors (Lipinski definition) is 2. The van der Waals surface area contributed by atoms with Gasteiger partial charge in [-0.25, -0.2) is 0 Å². The van der Waals surface area contributed by atoms with E-state index in [-0.39, 0.29) is 6.54 Å². The molecule has 100 valence electrons. The zero-order valence-electron chi connectivity index (χ0n) is 10.0. The van der Waals surface area contributed by atoms with Crippen LogP contribution in [0.25, 0.3) is 0 Å². The van der Waals surface area contributed by atoms with Crippen molar-refractivity contribution in [2.24, 2.45) is 5.73 Å². The summed E-state index contributed by atoms with van der Waals surface area (Å²) in [5.41, 5.74) is 3.56. The van der Waals surface area contributed by atoms with Crippen LogP contribution in [0.5, 0.6) is 0 Å². The molecule has 0 aromatic carbocycles. The van der Waals surface area contributed by atoms with Gasteiger partial charge in [0.1, 0.15) is 0 Å². The van der Waals surface area contributed by atoms with Crippen molar-refractivity contribution in [3.05, 3.63) is 29.6 Å². The van der Waals surface area contributed by atoms with Crippen LogP contribution in [0, 0.1) is 6.92 Å². The molecule has 1 rings (SSSR count). The quantitative estimate of drug-likeness (QED) is 0.861. The Morgan fingerprint density at radius 2 is 2.11 bits per heavy atom. The fourth-order valence-electron chi connectivity index (χ4n) is 1.17. The number of aryl methyl sites for hydroxylation is 1. The lowest BCUT2D eigenvalue weighted by Crippen LogP contribution is -2.61. The fraction of sp³-hybridized carbons (Fsp3) is 0.455. The lowest BCUT2D eigenvalue weighted by molar-refractivity contribution is -0.187. The van der Waals surface area contributed by atoms with Gasteiger partial charge >= 0.3 is 6.18 Å².